The first-order valence-corrected chi connectivity index (χ1v) is 13.7. The van der Waals surface area contributed by atoms with E-state index in [1.165, 1.54) is 23.5 Å². The van der Waals surface area contributed by atoms with Crippen molar-refractivity contribution in [3.8, 4) is 0 Å². The number of nitrogens with zero attached hydrogens (tertiary/aromatic N) is 3. The molecule has 0 spiro atoms. The van der Waals surface area contributed by atoms with Gasteiger partial charge < -0.3 is 0 Å². The van der Waals surface area contributed by atoms with Crippen molar-refractivity contribution in [2.75, 3.05) is 20.1 Å². The minimum absolute atomic E-state index is 0.00190. The lowest BCUT2D eigenvalue weighted by atomic mass is 9.64. The van der Waals surface area contributed by atoms with E-state index in [4.69, 9.17) is 0 Å². The molecule has 0 aliphatic heterocycles. The van der Waals surface area contributed by atoms with E-state index in [9.17, 15) is 26.0 Å². The average molecular weight is 552 g/mol. The number of sulfonamides is 1. The molecule has 1 saturated carbocycles. The first kappa shape index (κ1) is 29.7. The van der Waals surface area contributed by atoms with Gasteiger partial charge in [0.1, 0.15) is 28.2 Å². The van der Waals surface area contributed by atoms with Crippen molar-refractivity contribution in [1.82, 2.24) is 4.31 Å². The lowest BCUT2D eigenvalue weighted by Gasteiger charge is -2.44. The zero-order valence-corrected chi connectivity index (χ0v) is 23.0. The molecule has 10 heteroatoms. The molecule has 0 saturated heterocycles. The summed E-state index contributed by atoms with van der Waals surface area (Å²) in [7, 11) is -2.84. The van der Waals surface area contributed by atoms with Crippen molar-refractivity contribution in [3.05, 3.63) is 83.5 Å². The van der Waals surface area contributed by atoms with Crippen molar-refractivity contribution >= 4 is 15.7 Å². The van der Waals surface area contributed by atoms with E-state index in [0.717, 1.165) is 24.3 Å². The third kappa shape index (κ3) is 5.47. The lowest BCUT2D eigenvalue weighted by molar-refractivity contribution is 0.0802. The summed E-state index contributed by atoms with van der Waals surface area (Å²) in [5, 5.41) is 7.66. The molecular formula is C28H33F4N3O2S. The highest BCUT2D eigenvalue weighted by Gasteiger charge is 2.53. The van der Waals surface area contributed by atoms with Gasteiger partial charge in [0, 0.05) is 26.2 Å². The van der Waals surface area contributed by atoms with Crippen LogP contribution in [0, 0.1) is 40.0 Å². The summed E-state index contributed by atoms with van der Waals surface area (Å²) >= 11 is 0. The summed E-state index contributed by atoms with van der Waals surface area (Å²) in [5.74, 6) is -3.73. The van der Waals surface area contributed by atoms with Crippen LogP contribution in [0.5, 0.6) is 0 Å². The molecule has 2 unspecified atom stereocenters. The fourth-order valence-electron chi connectivity index (χ4n) is 5.36. The summed E-state index contributed by atoms with van der Waals surface area (Å²) in [6, 6.07) is 5.95. The maximum atomic E-state index is 14.5. The smallest absolute Gasteiger partial charge is 0.207 e. The molecule has 206 valence electrons. The maximum Gasteiger partial charge on any atom is 0.245 e. The van der Waals surface area contributed by atoms with Crippen LogP contribution in [0.25, 0.3) is 5.70 Å². The van der Waals surface area contributed by atoms with Crippen LogP contribution < -0.4 is 0 Å². The van der Waals surface area contributed by atoms with E-state index in [2.05, 4.69) is 16.8 Å². The van der Waals surface area contributed by atoms with Gasteiger partial charge >= 0.3 is 0 Å². The van der Waals surface area contributed by atoms with Gasteiger partial charge in [0.25, 0.3) is 0 Å². The Hall–Kier alpha value is -2.85. The molecule has 1 aliphatic carbocycles. The second kappa shape index (κ2) is 11.1. The lowest BCUT2D eigenvalue weighted by Crippen LogP contribution is -2.46. The molecule has 2 aromatic carbocycles. The standard InChI is InChI=1S/C28H33F4N3O2S/c1-7-35(38(36,37)25-12-11-19(29)16-23(25)32)17-28(5)14-13-20(27(28,3)4)18(2)15-24(34-33-6)26-21(30)9-8-10-22(26)31/h8-12,15-16,20H,2,7,13-14,17H2,1,3-6H3/b24-15-,34-33?. The Bertz CT molecular complexity index is 1370. The fraction of sp³-hybridized carbons (Fsp3) is 0.429. The molecule has 1 fully saturated rings. The van der Waals surface area contributed by atoms with Crippen LogP contribution in [0.1, 0.15) is 46.1 Å². The summed E-state index contributed by atoms with van der Waals surface area (Å²) in [4.78, 5) is -0.578. The van der Waals surface area contributed by atoms with E-state index in [1.807, 2.05) is 20.8 Å². The second-order valence-electron chi connectivity index (χ2n) is 10.4. The van der Waals surface area contributed by atoms with Gasteiger partial charge in [-0.15, -0.1) is 0 Å². The molecule has 3 rings (SSSR count). The van der Waals surface area contributed by atoms with Crippen LogP contribution >= 0.6 is 0 Å². The van der Waals surface area contributed by atoms with Crippen molar-refractivity contribution in [2.24, 2.45) is 27.0 Å². The highest BCUT2D eigenvalue weighted by molar-refractivity contribution is 7.89. The Kier molecular flexibility index (Phi) is 8.67. The average Bonchev–Trinajstić information content (AvgIpc) is 3.05. The largest absolute Gasteiger partial charge is 0.245 e. The Morgan fingerprint density at radius 2 is 1.74 bits per heavy atom. The fourth-order valence-corrected chi connectivity index (χ4v) is 6.97. The summed E-state index contributed by atoms with van der Waals surface area (Å²) in [6.45, 7) is 12.0. The highest BCUT2D eigenvalue weighted by atomic mass is 32.2. The highest BCUT2D eigenvalue weighted by Crippen LogP contribution is 2.58. The number of rotatable bonds is 9. The van der Waals surface area contributed by atoms with E-state index in [-0.39, 0.29) is 30.3 Å². The molecule has 2 atom stereocenters. The Morgan fingerprint density at radius 1 is 1.11 bits per heavy atom. The molecule has 0 radical (unpaired) electrons. The van der Waals surface area contributed by atoms with Crippen LogP contribution in [-0.4, -0.2) is 32.9 Å². The van der Waals surface area contributed by atoms with Gasteiger partial charge in [-0.05, 0) is 65.5 Å². The third-order valence-corrected chi connectivity index (χ3v) is 9.95. The molecule has 0 heterocycles. The minimum atomic E-state index is -4.24. The van der Waals surface area contributed by atoms with E-state index in [0.29, 0.717) is 24.5 Å². The van der Waals surface area contributed by atoms with Crippen molar-refractivity contribution in [1.29, 1.82) is 0 Å². The molecular weight excluding hydrogens is 518 g/mol. The number of azo groups is 1. The second-order valence-corrected chi connectivity index (χ2v) is 12.3. The van der Waals surface area contributed by atoms with Crippen molar-refractivity contribution < 1.29 is 26.0 Å². The van der Waals surface area contributed by atoms with Crippen molar-refractivity contribution in [3.63, 3.8) is 0 Å². The van der Waals surface area contributed by atoms with Gasteiger partial charge in [0.2, 0.25) is 10.0 Å². The zero-order valence-electron chi connectivity index (χ0n) is 22.2. The van der Waals surface area contributed by atoms with Gasteiger partial charge in [0.15, 0.2) is 0 Å². The van der Waals surface area contributed by atoms with E-state index in [1.54, 1.807) is 6.92 Å². The first-order valence-electron chi connectivity index (χ1n) is 12.3. The van der Waals surface area contributed by atoms with E-state index >= 15 is 0 Å². The quantitative estimate of drug-likeness (QED) is 0.186. The van der Waals surface area contributed by atoms with Gasteiger partial charge in [0.05, 0.1) is 11.3 Å². The molecule has 2 aromatic rings. The Balaban J connectivity index is 1.94. The number of halogens is 4. The predicted molar refractivity (Wildman–Crippen MR) is 140 cm³/mol. The van der Waals surface area contributed by atoms with Crippen LogP contribution in [0.3, 0.4) is 0 Å². The number of hydrogen-bond donors (Lipinski definition) is 0. The molecule has 1 aliphatic rings. The molecule has 0 bridgehead atoms. The monoisotopic (exact) mass is 551 g/mol. The summed E-state index contributed by atoms with van der Waals surface area (Å²) in [5.41, 5.74) is -0.805. The number of allylic oxidation sites excluding steroid dienone is 2. The number of hydrogen-bond acceptors (Lipinski definition) is 4. The Morgan fingerprint density at radius 3 is 2.29 bits per heavy atom. The minimum Gasteiger partial charge on any atom is -0.207 e. The first-order chi connectivity index (χ1) is 17.7. The SMILES string of the molecule is C=C(/C=C(\N=NC)c1c(F)cccc1F)C1CCC(C)(CN(CC)S(=O)(=O)c2ccc(F)cc2F)C1(C)C. The van der Waals surface area contributed by atoms with E-state index < -0.39 is 49.0 Å². The van der Waals surface area contributed by atoms with Gasteiger partial charge in [-0.2, -0.15) is 14.5 Å². The normalized spacial score (nSPS) is 21.9. The Labute approximate surface area is 222 Å². The van der Waals surface area contributed by atoms with Gasteiger partial charge in [-0.3, -0.25) is 0 Å². The third-order valence-electron chi connectivity index (χ3n) is 8.00. The van der Waals surface area contributed by atoms with Crippen LogP contribution in [0.15, 0.2) is 69.8 Å². The molecule has 38 heavy (non-hydrogen) atoms. The van der Waals surface area contributed by atoms with Crippen LogP contribution in [0.4, 0.5) is 17.6 Å². The summed E-state index contributed by atoms with van der Waals surface area (Å²) < 4.78 is 84.7. The zero-order chi connectivity index (χ0) is 28.5. The van der Waals surface area contributed by atoms with Crippen LogP contribution in [-0.2, 0) is 10.0 Å². The predicted octanol–water partition coefficient (Wildman–Crippen LogP) is 7.38. The van der Waals surface area contributed by atoms with Gasteiger partial charge in [-0.1, -0.05) is 40.3 Å². The summed E-state index contributed by atoms with van der Waals surface area (Å²) in [6.07, 6.45) is 2.78. The molecule has 5 nitrogen and oxygen atoms in total. The van der Waals surface area contributed by atoms with Crippen LogP contribution in [0.2, 0.25) is 0 Å². The number of benzene rings is 2. The molecule has 0 aromatic heterocycles. The molecule has 0 amide bonds. The topological polar surface area (TPSA) is 62.1 Å². The molecule has 0 N–H and O–H groups in total. The maximum absolute atomic E-state index is 14.5. The van der Waals surface area contributed by atoms with Gasteiger partial charge in [-0.25, -0.2) is 26.0 Å². The van der Waals surface area contributed by atoms with Crippen molar-refractivity contribution in [2.45, 2.75) is 45.4 Å².